The van der Waals surface area contributed by atoms with Crippen molar-refractivity contribution in [2.75, 3.05) is 23.3 Å². The zero-order chi connectivity index (χ0) is 22.2. The van der Waals surface area contributed by atoms with E-state index in [9.17, 15) is 14.4 Å². The van der Waals surface area contributed by atoms with Crippen molar-refractivity contribution in [2.45, 2.75) is 50.9 Å². The fraction of sp³-hybridized carbons (Fsp3) is 0.476. The van der Waals surface area contributed by atoms with E-state index < -0.39 is 11.9 Å². The van der Waals surface area contributed by atoms with Gasteiger partial charge >= 0.3 is 0 Å². The van der Waals surface area contributed by atoms with Gasteiger partial charge in [-0.3, -0.25) is 19.7 Å². The van der Waals surface area contributed by atoms with Gasteiger partial charge < -0.3 is 20.9 Å². The number of nitrogens with one attached hydrogen (secondary N) is 3. The Bertz CT molecular complexity index is 1060. The van der Waals surface area contributed by atoms with E-state index in [1.807, 2.05) is 12.1 Å². The summed E-state index contributed by atoms with van der Waals surface area (Å²) in [4.78, 5) is 44.9. The lowest BCUT2D eigenvalue weighted by Gasteiger charge is -2.29. The van der Waals surface area contributed by atoms with E-state index in [0.29, 0.717) is 37.0 Å². The van der Waals surface area contributed by atoms with Crippen molar-refractivity contribution in [3.05, 3.63) is 34.9 Å². The molecule has 0 spiro atoms. The first kappa shape index (κ1) is 20.4. The number of nitrogens with two attached hydrogens (primary N) is 1. The minimum atomic E-state index is -0.622. The number of amides is 3. The number of anilines is 2. The SMILES string of the molecule is NC1CCN(c2n[nH]c(NCc3cccc4c3CN(C3CCC(=O)NC3=O)C4=O)n2)CC1. The molecule has 0 radical (unpaired) electrons. The molecule has 168 valence electrons. The lowest BCUT2D eigenvalue weighted by Crippen LogP contribution is -2.52. The summed E-state index contributed by atoms with van der Waals surface area (Å²) < 4.78 is 0. The number of imide groups is 1. The normalized spacial score (nSPS) is 21.7. The van der Waals surface area contributed by atoms with E-state index in [2.05, 4.69) is 30.7 Å². The second kappa shape index (κ2) is 8.23. The van der Waals surface area contributed by atoms with Crippen molar-refractivity contribution in [1.29, 1.82) is 0 Å². The Morgan fingerprint density at radius 2 is 1.97 bits per heavy atom. The van der Waals surface area contributed by atoms with E-state index in [4.69, 9.17) is 5.73 Å². The second-order valence-electron chi connectivity index (χ2n) is 8.51. The lowest BCUT2D eigenvalue weighted by molar-refractivity contribution is -0.136. The van der Waals surface area contributed by atoms with Gasteiger partial charge in [-0.05, 0) is 36.5 Å². The Morgan fingerprint density at radius 1 is 1.16 bits per heavy atom. The predicted molar refractivity (Wildman–Crippen MR) is 116 cm³/mol. The van der Waals surface area contributed by atoms with Gasteiger partial charge in [0.15, 0.2) is 0 Å². The number of carbonyl (C=O) groups excluding carboxylic acids is 3. The summed E-state index contributed by atoms with van der Waals surface area (Å²) in [7, 11) is 0. The van der Waals surface area contributed by atoms with Crippen LogP contribution in [0.2, 0.25) is 0 Å². The molecule has 0 bridgehead atoms. The third-order valence-corrected chi connectivity index (χ3v) is 6.42. The van der Waals surface area contributed by atoms with Crippen molar-refractivity contribution in [2.24, 2.45) is 5.73 Å². The quantitative estimate of drug-likeness (QED) is 0.481. The number of piperidine rings is 2. The summed E-state index contributed by atoms with van der Waals surface area (Å²) in [6.45, 7) is 2.47. The molecule has 11 heteroatoms. The number of aromatic amines is 1. The standard InChI is InChI=1S/C21H26N8O3/c22-13-6-8-28(9-7-13)21-25-20(26-27-21)23-10-12-2-1-3-14-15(12)11-29(19(14)32)16-4-5-17(30)24-18(16)31/h1-3,13,16H,4-11,22H2,(H,24,30,31)(H2,23,25,26,27). The molecular weight excluding hydrogens is 412 g/mol. The number of hydrogen-bond acceptors (Lipinski definition) is 8. The van der Waals surface area contributed by atoms with Crippen LogP contribution in [0.4, 0.5) is 11.9 Å². The van der Waals surface area contributed by atoms with Crippen LogP contribution in [-0.4, -0.2) is 63.0 Å². The van der Waals surface area contributed by atoms with Gasteiger partial charge in [-0.1, -0.05) is 12.1 Å². The molecule has 1 atom stereocenters. The van der Waals surface area contributed by atoms with Crippen molar-refractivity contribution < 1.29 is 14.4 Å². The molecule has 1 unspecified atom stereocenters. The van der Waals surface area contributed by atoms with Gasteiger partial charge in [0.05, 0.1) is 0 Å². The number of nitrogens with zero attached hydrogens (tertiary/aromatic N) is 4. The van der Waals surface area contributed by atoms with Crippen molar-refractivity contribution >= 4 is 29.6 Å². The van der Waals surface area contributed by atoms with Crippen molar-refractivity contribution in [3.63, 3.8) is 0 Å². The lowest BCUT2D eigenvalue weighted by atomic mass is 10.0. The molecule has 2 fully saturated rings. The van der Waals surface area contributed by atoms with E-state index in [1.54, 1.807) is 11.0 Å². The largest absolute Gasteiger partial charge is 0.350 e. The summed E-state index contributed by atoms with van der Waals surface area (Å²) in [6, 6.07) is 5.19. The Balaban J connectivity index is 1.26. The van der Waals surface area contributed by atoms with Gasteiger partial charge in [-0.2, -0.15) is 4.98 Å². The first-order valence-electron chi connectivity index (χ1n) is 10.9. The number of rotatable bonds is 5. The number of benzene rings is 1. The number of hydrogen-bond donors (Lipinski definition) is 4. The number of H-pyrrole nitrogens is 1. The van der Waals surface area contributed by atoms with E-state index in [-0.39, 0.29) is 24.3 Å². The third-order valence-electron chi connectivity index (χ3n) is 6.42. The van der Waals surface area contributed by atoms with E-state index in [1.165, 1.54) is 0 Å². The average Bonchev–Trinajstić information content (AvgIpc) is 3.38. The summed E-state index contributed by atoms with van der Waals surface area (Å²) in [5, 5.41) is 12.8. The van der Waals surface area contributed by atoms with Gasteiger partial charge in [-0.15, -0.1) is 5.10 Å². The molecule has 32 heavy (non-hydrogen) atoms. The first-order chi connectivity index (χ1) is 15.5. The monoisotopic (exact) mass is 438 g/mol. The zero-order valence-electron chi connectivity index (χ0n) is 17.6. The Morgan fingerprint density at radius 3 is 2.75 bits per heavy atom. The zero-order valence-corrected chi connectivity index (χ0v) is 17.6. The Hall–Kier alpha value is -3.47. The van der Waals surface area contributed by atoms with Crippen molar-refractivity contribution in [3.8, 4) is 0 Å². The molecule has 5 N–H and O–H groups in total. The molecule has 1 aromatic heterocycles. The maximum atomic E-state index is 12.9. The molecule has 3 aliphatic heterocycles. The van der Waals surface area contributed by atoms with Gasteiger partial charge in [0.2, 0.25) is 23.7 Å². The molecule has 1 aromatic carbocycles. The van der Waals surface area contributed by atoms with Crippen LogP contribution < -0.4 is 21.3 Å². The molecule has 0 saturated carbocycles. The molecule has 11 nitrogen and oxygen atoms in total. The maximum absolute atomic E-state index is 12.9. The highest BCUT2D eigenvalue weighted by Gasteiger charge is 2.39. The Kier molecular flexibility index (Phi) is 5.25. The molecule has 4 heterocycles. The molecule has 3 amide bonds. The van der Waals surface area contributed by atoms with Gasteiger partial charge in [0.1, 0.15) is 6.04 Å². The summed E-state index contributed by atoms with van der Waals surface area (Å²) in [5.41, 5.74) is 8.40. The van der Waals surface area contributed by atoms with Crippen LogP contribution in [0, 0.1) is 0 Å². The van der Waals surface area contributed by atoms with Crippen LogP contribution in [0.1, 0.15) is 47.2 Å². The molecule has 5 rings (SSSR count). The minimum absolute atomic E-state index is 0.179. The highest BCUT2D eigenvalue weighted by molar-refractivity contribution is 6.05. The van der Waals surface area contributed by atoms with Gasteiger partial charge in [0.25, 0.3) is 5.91 Å². The van der Waals surface area contributed by atoms with Crippen LogP contribution in [-0.2, 0) is 22.7 Å². The summed E-state index contributed by atoms with van der Waals surface area (Å²) in [5.74, 6) is 0.325. The molecular formula is C21H26N8O3. The van der Waals surface area contributed by atoms with Crippen LogP contribution in [0.15, 0.2) is 18.2 Å². The van der Waals surface area contributed by atoms with Crippen LogP contribution in [0.25, 0.3) is 0 Å². The third kappa shape index (κ3) is 3.79. The Labute approximate surface area is 184 Å². The first-order valence-corrected chi connectivity index (χ1v) is 10.9. The number of fused-ring (bicyclic) bond motifs is 1. The van der Waals surface area contributed by atoms with Crippen LogP contribution in [0.3, 0.4) is 0 Å². The van der Waals surface area contributed by atoms with Crippen molar-refractivity contribution in [1.82, 2.24) is 25.4 Å². The smallest absolute Gasteiger partial charge is 0.255 e. The minimum Gasteiger partial charge on any atom is -0.350 e. The molecule has 3 aliphatic rings. The predicted octanol–water partition coefficient (Wildman–Crippen LogP) is 0.105. The van der Waals surface area contributed by atoms with E-state index in [0.717, 1.165) is 37.1 Å². The van der Waals surface area contributed by atoms with Gasteiger partial charge in [0, 0.05) is 44.2 Å². The summed E-state index contributed by atoms with van der Waals surface area (Å²) in [6.07, 6.45) is 2.43. The number of aromatic nitrogens is 3. The maximum Gasteiger partial charge on any atom is 0.255 e. The molecule has 2 saturated heterocycles. The highest BCUT2D eigenvalue weighted by Crippen LogP contribution is 2.30. The van der Waals surface area contributed by atoms with Gasteiger partial charge in [-0.25, -0.2) is 5.10 Å². The topological polar surface area (TPSA) is 149 Å². The fourth-order valence-electron chi connectivity index (χ4n) is 4.57. The van der Waals surface area contributed by atoms with E-state index >= 15 is 0 Å². The highest BCUT2D eigenvalue weighted by atomic mass is 16.2. The summed E-state index contributed by atoms with van der Waals surface area (Å²) >= 11 is 0. The molecule has 2 aromatic rings. The van der Waals surface area contributed by atoms with Crippen LogP contribution >= 0.6 is 0 Å². The fourth-order valence-corrected chi connectivity index (χ4v) is 4.57. The number of carbonyl (C=O) groups is 3. The van der Waals surface area contributed by atoms with Crippen LogP contribution in [0.5, 0.6) is 0 Å². The molecule has 0 aliphatic carbocycles. The second-order valence-corrected chi connectivity index (χ2v) is 8.51. The average molecular weight is 438 g/mol.